The number of nitrogens with zero attached hydrogens (tertiary/aromatic N) is 3. The summed E-state index contributed by atoms with van der Waals surface area (Å²) in [6, 6.07) is 0. The van der Waals surface area contributed by atoms with E-state index in [4.69, 9.17) is 0 Å². The Labute approximate surface area is 145 Å². The first kappa shape index (κ1) is 19.9. The minimum Gasteiger partial charge on any atom is -0.357 e. The van der Waals surface area contributed by atoms with E-state index >= 15 is 0 Å². The lowest BCUT2D eigenvalue weighted by Crippen LogP contribution is -2.38. The second-order valence-electron chi connectivity index (χ2n) is 5.39. The normalized spacial score (nSPS) is 12.0. The van der Waals surface area contributed by atoms with Gasteiger partial charge in [0.25, 0.3) is 0 Å². The fraction of sp³-hybridized carbons (Fsp3) is 0.765. The van der Waals surface area contributed by atoms with Gasteiger partial charge in [-0.05, 0) is 39.4 Å². The lowest BCUT2D eigenvalue weighted by atomic mass is 10.3. The molecule has 0 aliphatic rings. The number of aryl methyl sites for hydroxylation is 1. The van der Waals surface area contributed by atoms with Crippen LogP contribution >= 0.6 is 11.3 Å². The number of thiazole rings is 1. The summed E-state index contributed by atoms with van der Waals surface area (Å²) in [4.78, 5) is 12.9. The first-order chi connectivity index (χ1) is 11.2. The Morgan fingerprint density at radius 2 is 2.00 bits per heavy atom. The third-order valence-corrected chi connectivity index (χ3v) is 4.92. The molecule has 0 atom stereocenters. The Morgan fingerprint density at radius 1 is 1.22 bits per heavy atom. The number of hydrogen-bond donors (Lipinski definition) is 2. The molecule has 0 unspecified atom stereocenters. The van der Waals surface area contributed by atoms with Crippen molar-refractivity contribution < 1.29 is 0 Å². The van der Waals surface area contributed by atoms with E-state index in [9.17, 15) is 0 Å². The van der Waals surface area contributed by atoms with Gasteiger partial charge in [0.2, 0.25) is 0 Å². The van der Waals surface area contributed by atoms with Gasteiger partial charge in [0, 0.05) is 37.1 Å². The third kappa shape index (κ3) is 8.32. The predicted molar refractivity (Wildman–Crippen MR) is 102 cm³/mol. The lowest BCUT2D eigenvalue weighted by Gasteiger charge is -2.17. The van der Waals surface area contributed by atoms with E-state index in [0.29, 0.717) is 0 Å². The Morgan fingerprint density at radius 3 is 2.61 bits per heavy atom. The van der Waals surface area contributed by atoms with Crippen LogP contribution in [0.5, 0.6) is 0 Å². The minimum atomic E-state index is 0.864. The van der Waals surface area contributed by atoms with E-state index < -0.39 is 0 Å². The van der Waals surface area contributed by atoms with Crippen molar-refractivity contribution in [2.45, 2.75) is 47.0 Å². The number of aromatic nitrogens is 1. The molecule has 0 aliphatic heterocycles. The van der Waals surface area contributed by atoms with Crippen molar-refractivity contribution in [2.24, 2.45) is 4.99 Å². The highest BCUT2D eigenvalue weighted by Crippen LogP contribution is 2.13. The van der Waals surface area contributed by atoms with Crippen LogP contribution in [0.4, 0.5) is 0 Å². The molecule has 0 aromatic carbocycles. The van der Waals surface area contributed by atoms with Gasteiger partial charge in [0.1, 0.15) is 0 Å². The highest BCUT2D eigenvalue weighted by molar-refractivity contribution is 7.11. The van der Waals surface area contributed by atoms with E-state index in [0.717, 1.165) is 64.5 Å². The van der Waals surface area contributed by atoms with Crippen molar-refractivity contribution in [2.75, 3.05) is 39.3 Å². The number of hydrogen-bond acceptors (Lipinski definition) is 4. The van der Waals surface area contributed by atoms with Gasteiger partial charge < -0.3 is 15.5 Å². The number of nitrogens with one attached hydrogen (secondary N) is 2. The van der Waals surface area contributed by atoms with Crippen LogP contribution in [0, 0.1) is 0 Å². The van der Waals surface area contributed by atoms with E-state index in [1.54, 1.807) is 0 Å². The van der Waals surface area contributed by atoms with Crippen molar-refractivity contribution in [3.63, 3.8) is 0 Å². The Hall–Kier alpha value is -1.14. The molecule has 0 bridgehead atoms. The summed E-state index contributed by atoms with van der Waals surface area (Å²) < 4.78 is 0. The molecule has 1 heterocycles. The second kappa shape index (κ2) is 12.3. The summed E-state index contributed by atoms with van der Waals surface area (Å²) in [6.45, 7) is 14.7. The quantitative estimate of drug-likeness (QED) is 0.369. The number of rotatable bonds is 11. The molecule has 23 heavy (non-hydrogen) atoms. The van der Waals surface area contributed by atoms with Gasteiger partial charge in [-0.2, -0.15) is 0 Å². The molecule has 1 aromatic heterocycles. The van der Waals surface area contributed by atoms with Crippen LogP contribution in [0.15, 0.2) is 11.2 Å². The molecule has 0 radical (unpaired) electrons. The molecule has 0 aliphatic carbocycles. The largest absolute Gasteiger partial charge is 0.357 e. The average Bonchev–Trinajstić information content (AvgIpc) is 3.03. The minimum absolute atomic E-state index is 0.864. The van der Waals surface area contributed by atoms with Crippen LogP contribution in [-0.4, -0.2) is 55.1 Å². The van der Waals surface area contributed by atoms with Gasteiger partial charge in [-0.25, -0.2) is 4.98 Å². The predicted octanol–water partition coefficient (Wildman–Crippen LogP) is 2.54. The monoisotopic (exact) mass is 339 g/mol. The molecule has 6 heteroatoms. The van der Waals surface area contributed by atoms with Crippen LogP contribution < -0.4 is 10.6 Å². The standard InChI is InChI=1S/C17H33N5S/c1-5-15-14-21-16(23-15)10-12-20-17(18-6-2)19-11-9-13-22(7-3)8-4/h14H,5-13H2,1-4H3,(H2,18,19,20). The van der Waals surface area contributed by atoms with Gasteiger partial charge in [0.05, 0.1) is 5.01 Å². The molecular formula is C17H33N5S. The molecule has 132 valence electrons. The first-order valence-electron chi connectivity index (χ1n) is 8.91. The maximum atomic E-state index is 4.66. The summed E-state index contributed by atoms with van der Waals surface area (Å²) in [5, 5.41) is 7.91. The fourth-order valence-electron chi connectivity index (χ4n) is 2.28. The molecule has 1 aromatic rings. The smallest absolute Gasteiger partial charge is 0.191 e. The van der Waals surface area contributed by atoms with Crippen molar-refractivity contribution in [3.8, 4) is 0 Å². The van der Waals surface area contributed by atoms with E-state index in [1.165, 1.54) is 9.88 Å². The summed E-state index contributed by atoms with van der Waals surface area (Å²) in [5.41, 5.74) is 0. The molecule has 1 rings (SSSR count). The number of guanidine groups is 1. The van der Waals surface area contributed by atoms with Gasteiger partial charge >= 0.3 is 0 Å². The SMILES string of the molecule is CCNC(=NCCCN(CC)CC)NCCc1ncc(CC)s1. The molecule has 0 amide bonds. The number of aliphatic imine (C=N–C) groups is 1. The second-order valence-corrected chi connectivity index (χ2v) is 6.59. The first-order valence-corrected chi connectivity index (χ1v) is 9.73. The van der Waals surface area contributed by atoms with Crippen LogP contribution in [0.25, 0.3) is 0 Å². The van der Waals surface area contributed by atoms with Crippen molar-refractivity contribution in [3.05, 3.63) is 16.1 Å². The fourth-order valence-corrected chi connectivity index (χ4v) is 3.14. The Kier molecular flexibility index (Phi) is 10.6. The Bertz CT molecular complexity index is 440. The van der Waals surface area contributed by atoms with Crippen molar-refractivity contribution >= 4 is 17.3 Å². The zero-order valence-corrected chi connectivity index (χ0v) is 16.0. The molecular weight excluding hydrogens is 306 g/mol. The molecule has 0 saturated carbocycles. The van der Waals surface area contributed by atoms with E-state index in [1.807, 2.05) is 17.5 Å². The third-order valence-electron chi connectivity index (χ3n) is 3.72. The zero-order valence-electron chi connectivity index (χ0n) is 15.2. The zero-order chi connectivity index (χ0) is 16.9. The molecule has 2 N–H and O–H groups in total. The van der Waals surface area contributed by atoms with Crippen molar-refractivity contribution in [1.29, 1.82) is 0 Å². The molecule has 0 saturated heterocycles. The summed E-state index contributed by atoms with van der Waals surface area (Å²) in [7, 11) is 0. The average molecular weight is 340 g/mol. The lowest BCUT2D eigenvalue weighted by molar-refractivity contribution is 0.302. The van der Waals surface area contributed by atoms with Gasteiger partial charge in [-0.15, -0.1) is 11.3 Å². The maximum Gasteiger partial charge on any atom is 0.191 e. The van der Waals surface area contributed by atoms with Gasteiger partial charge in [0.15, 0.2) is 5.96 Å². The van der Waals surface area contributed by atoms with E-state index in [-0.39, 0.29) is 0 Å². The topological polar surface area (TPSA) is 52.6 Å². The highest BCUT2D eigenvalue weighted by atomic mass is 32.1. The summed E-state index contributed by atoms with van der Waals surface area (Å²) in [6.07, 6.45) is 5.12. The summed E-state index contributed by atoms with van der Waals surface area (Å²) >= 11 is 1.81. The van der Waals surface area contributed by atoms with Crippen LogP contribution in [0.3, 0.4) is 0 Å². The van der Waals surface area contributed by atoms with Gasteiger partial charge in [-0.1, -0.05) is 20.8 Å². The summed E-state index contributed by atoms with van der Waals surface area (Å²) in [5.74, 6) is 0.916. The highest BCUT2D eigenvalue weighted by Gasteiger charge is 2.02. The van der Waals surface area contributed by atoms with Crippen LogP contribution in [0.1, 0.15) is 44.0 Å². The van der Waals surface area contributed by atoms with Gasteiger partial charge in [-0.3, -0.25) is 4.99 Å². The van der Waals surface area contributed by atoms with Crippen LogP contribution in [-0.2, 0) is 12.8 Å². The van der Waals surface area contributed by atoms with Crippen molar-refractivity contribution in [1.82, 2.24) is 20.5 Å². The molecule has 5 nitrogen and oxygen atoms in total. The Balaban J connectivity index is 2.31. The maximum absolute atomic E-state index is 4.66. The molecule has 0 spiro atoms. The van der Waals surface area contributed by atoms with E-state index in [2.05, 4.69) is 53.2 Å². The van der Waals surface area contributed by atoms with Crippen LogP contribution in [0.2, 0.25) is 0 Å². The molecule has 0 fully saturated rings.